The zero-order chi connectivity index (χ0) is 20.0. The third kappa shape index (κ3) is 6.09. The third-order valence-corrected chi connectivity index (χ3v) is 3.70. The fraction of sp³-hybridized carbons (Fsp3) is 0.263. The Morgan fingerprint density at radius 3 is 2.41 bits per heavy atom. The number of hydrogen-bond acceptors (Lipinski definition) is 3. The van der Waals surface area contributed by atoms with Gasteiger partial charge in [0.1, 0.15) is 5.82 Å². The molecule has 0 aliphatic heterocycles. The van der Waals surface area contributed by atoms with Crippen molar-refractivity contribution in [3.63, 3.8) is 0 Å². The minimum absolute atomic E-state index is 0.232. The molecule has 2 aromatic carbocycles. The smallest absolute Gasteiger partial charge is 0.416 e. The molecule has 144 valence electrons. The van der Waals surface area contributed by atoms with E-state index in [0.29, 0.717) is 12.5 Å². The van der Waals surface area contributed by atoms with Crippen LogP contribution in [0.2, 0.25) is 0 Å². The minimum Gasteiger partial charge on any atom is -0.449 e. The van der Waals surface area contributed by atoms with Gasteiger partial charge in [-0.2, -0.15) is 13.2 Å². The number of ether oxygens (including phenoxy) is 1. The molecule has 1 N–H and O–H groups in total. The summed E-state index contributed by atoms with van der Waals surface area (Å²) in [6.07, 6.45) is -5.32. The minimum atomic E-state index is -4.58. The maximum Gasteiger partial charge on any atom is 0.416 e. The SMILES string of the molecule is C[C@@H](OC(=O)c1cccc(C(F)(F)F)c1)C(=O)NCCc1ccc(F)cc1. The quantitative estimate of drug-likeness (QED) is 0.611. The molecule has 0 radical (unpaired) electrons. The molecule has 0 unspecified atom stereocenters. The van der Waals surface area contributed by atoms with Crippen LogP contribution in [0.25, 0.3) is 0 Å². The lowest BCUT2D eigenvalue weighted by Crippen LogP contribution is -2.36. The van der Waals surface area contributed by atoms with Gasteiger partial charge in [-0.15, -0.1) is 0 Å². The van der Waals surface area contributed by atoms with E-state index in [1.165, 1.54) is 25.1 Å². The first-order valence-electron chi connectivity index (χ1n) is 8.07. The third-order valence-electron chi connectivity index (χ3n) is 3.70. The van der Waals surface area contributed by atoms with Gasteiger partial charge in [-0.05, 0) is 49.2 Å². The number of carbonyl (C=O) groups is 2. The summed E-state index contributed by atoms with van der Waals surface area (Å²) < 4.78 is 55.8. The second kappa shape index (κ2) is 8.66. The fourth-order valence-corrected chi connectivity index (χ4v) is 2.23. The Labute approximate surface area is 153 Å². The Balaban J connectivity index is 1.86. The lowest BCUT2D eigenvalue weighted by molar-refractivity contribution is -0.137. The summed E-state index contributed by atoms with van der Waals surface area (Å²) in [5, 5.41) is 2.55. The van der Waals surface area contributed by atoms with Gasteiger partial charge in [0.05, 0.1) is 11.1 Å². The molecule has 0 bridgehead atoms. The summed E-state index contributed by atoms with van der Waals surface area (Å²) in [5.41, 5.74) is -0.463. The van der Waals surface area contributed by atoms with Crippen molar-refractivity contribution in [3.8, 4) is 0 Å². The van der Waals surface area contributed by atoms with E-state index in [4.69, 9.17) is 4.74 Å². The average molecular weight is 383 g/mol. The van der Waals surface area contributed by atoms with Crippen molar-refractivity contribution < 1.29 is 31.9 Å². The lowest BCUT2D eigenvalue weighted by atomic mass is 10.1. The zero-order valence-electron chi connectivity index (χ0n) is 14.3. The first-order valence-corrected chi connectivity index (χ1v) is 8.07. The number of hydrogen-bond donors (Lipinski definition) is 1. The molecule has 27 heavy (non-hydrogen) atoms. The second-order valence-corrected chi connectivity index (χ2v) is 5.79. The van der Waals surface area contributed by atoms with Crippen LogP contribution in [0.4, 0.5) is 17.6 Å². The van der Waals surface area contributed by atoms with Gasteiger partial charge in [-0.1, -0.05) is 18.2 Å². The highest BCUT2D eigenvalue weighted by molar-refractivity contribution is 5.92. The Morgan fingerprint density at radius 2 is 1.78 bits per heavy atom. The van der Waals surface area contributed by atoms with Crippen molar-refractivity contribution in [1.29, 1.82) is 0 Å². The Bertz CT molecular complexity index is 803. The van der Waals surface area contributed by atoms with Crippen molar-refractivity contribution >= 4 is 11.9 Å². The van der Waals surface area contributed by atoms with E-state index < -0.39 is 29.7 Å². The van der Waals surface area contributed by atoms with Gasteiger partial charge in [0.2, 0.25) is 0 Å². The summed E-state index contributed by atoms with van der Waals surface area (Å²) in [5.74, 6) is -1.97. The number of rotatable bonds is 6. The number of alkyl halides is 3. The molecule has 0 spiro atoms. The van der Waals surface area contributed by atoms with Gasteiger partial charge in [0.15, 0.2) is 6.10 Å². The van der Waals surface area contributed by atoms with Crippen LogP contribution in [0.5, 0.6) is 0 Å². The number of carbonyl (C=O) groups excluding carboxylic acids is 2. The van der Waals surface area contributed by atoms with Gasteiger partial charge in [-0.25, -0.2) is 9.18 Å². The molecule has 8 heteroatoms. The fourth-order valence-electron chi connectivity index (χ4n) is 2.23. The van der Waals surface area contributed by atoms with E-state index >= 15 is 0 Å². The largest absolute Gasteiger partial charge is 0.449 e. The van der Waals surface area contributed by atoms with Gasteiger partial charge in [-0.3, -0.25) is 4.79 Å². The Kier molecular flexibility index (Phi) is 6.55. The van der Waals surface area contributed by atoms with Crippen LogP contribution in [0.3, 0.4) is 0 Å². The van der Waals surface area contributed by atoms with Gasteiger partial charge in [0, 0.05) is 6.54 Å². The molecule has 1 atom stereocenters. The van der Waals surface area contributed by atoms with Crippen LogP contribution in [-0.4, -0.2) is 24.5 Å². The lowest BCUT2D eigenvalue weighted by Gasteiger charge is -2.14. The monoisotopic (exact) mass is 383 g/mol. The van der Waals surface area contributed by atoms with Crippen molar-refractivity contribution in [2.75, 3.05) is 6.54 Å². The van der Waals surface area contributed by atoms with E-state index in [1.807, 2.05) is 0 Å². The highest BCUT2D eigenvalue weighted by Gasteiger charge is 2.31. The first kappa shape index (κ1) is 20.4. The molecule has 4 nitrogen and oxygen atoms in total. The number of nitrogens with one attached hydrogen (secondary N) is 1. The van der Waals surface area contributed by atoms with Crippen molar-refractivity contribution in [2.45, 2.75) is 25.6 Å². The molecule has 0 aliphatic carbocycles. The summed E-state index contributed by atoms with van der Waals surface area (Å²) in [7, 11) is 0. The van der Waals surface area contributed by atoms with E-state index in [-0.39, 0.29) is 17.9 Å². The maximum absolute atomic E-state index is 12.8. The summed E-state index contributed by atoms with van der Waals surface area (Å²) in [6.45, 7) is 1.55. The molecule has 0 fully saturated rings. The van der Waals surface area contributed by atoms with Crippen LogP contribution in [0.15, 0.2) is 48.5 Å². The zero-order valence-corrected chi connectivity index (χ0v) is 14.3. The number of esters is 1. The normalized spacial score (nSPS) is 12.3. The van der Waals surface area contributed by atoms with E-state index in [9.17, 15) is 27.2 Å². The number of benzene rings is 2. The van der Waals surface area contributed by atoms with Gasteiger partial charge in [0.25, 0.3) is 5.91 Å². The predicted octanol–water partition coefficient (Wildman–Crippen LogP) is 3.75. The van der Waals surface area contributed by atoms with Gasteiger partial charge < -0.3 is 10.1 Å². The number of amides is 1. The van der Waals surface area contributed by atoms with Crippen LogP contribution < -0.4 is 5.32 Å². The molecule has 0 aliphatic rings. The second-order valence-electron chi connectivity index (χ2n) is 5.79. The first-order chi connectivity index (χ1) is 12.7. The Morgan fingerprint density at radius 1 is 1.11 bits per heavy atom. The standard InChI is InChI=1S/C19H17F4NO3/c1-12(17(25)24-10-9-13-5-7-16(20)8-6-13)27-18(26)14-3-2-4-15(11-14)19(21,22)23/h2-8,11-12H,9-10H2,1H3,(H,24,25)/t12-/m1/s1. The molecule has 2 rings (SSSR count). The summed E-state index contributed by atoms with van der Waals surface area (Å²) in [4.78, 5) is 23.9. The molecule has 0 heterocycles. The number of halogens is 4. The topological polar surface area (TPSA) is 55.4 Å². The maximum atomic E-state index is 12.8. The molecule has 0 aromatic heterocycles. The van der Waals surface area contributed by atoms with Crippen molar-refractivity contribution in [2.24, 2.45) is 0 Å². The average Bonchev–Trinajstić information content (AvgIpc) is 2.62. The predicted molar refractivity (Wildman–Crippen MR) is 89.4 cm³/mol. The molecule has 0 saturated heterocycles. The van der Waals surface area contributed by atoms with Crippen LogP contribution in [-0.2, 0) is 22.1 Å². The van der Waals surface area contributed by atoms with E-state index in [2.05, 4.69) is 5.32 Å². The van der Waals surface area contributed by atoms with Crippen LogP contribution in [0, 0.1) is 5.82 Å². The molecule has 0 saturated carbocycles. The highest BCUT2D eigenvalue weighted by Crippen LogP contribution is 2.29. The molecular weight excluding hydrogens is 366 g/mol. The summed E-state index contributed by atoms with van der Waals surface area (Å²) >= 11 is 0. The van der Waals surface area contributed by atoms with Crippen molar-refractivity contribution in [3.05, 3.63) is 71.0 Å². The molecule has 1 amide bonds. The molecular formula is C19H17F4NO3. The van der Waals surface area contributed by atoms with E-state index in [0.717, 1.165) is 17.7 Å². The Hall–Kier alpha value is -2.90. The summed E-state index contributed by atoms with van der Waals surface area (Å²) in [6, 6.07) is 9.54. The van der Waals surface area contributed by atoms with Crippen LogP contribution in [0.1, 0.15) is 28.4 Å². The molecule has 2 aromatic rings. The highest BCUT2D eigenvalue weighted by atomic mass is 19.4. The van der Waals surface area contributed by atoms with Gasteiger partial charge >= 0.3 is 12.1 Å². The van der Waals surface area contributed by atoms with Crippen LogP contribution >= 0.6 is 0 Å². The van der Waals surface area contributed by atoms with Crippen molar-refractivity contribution in [1.82, 2.24) is 5.32 Å². The van der Waals surface area contributed by atoms with E-state index in [1.54, 1.807) is 12.1 Å².